The molecule has 0 aliphatic rings. The van der Waals surface area contributed by atoms with Gasteiger partial charge in [-0.1, -0.05) is 18.5 Å². The van der Waals surface area contributed by atoms with E-state index in [-0.39, 0.29) is 0 Å². The van der Waals surface area contributed by atoms with E-state index >= 15 is 0 Å². The molecule has 0 aliphatic carbocycles. The van der Waals surface area contributed by atoms with Crippen molar-refractivity contribution in [1.29, 1.82) is 0 Å². The van der Waals surface area contributed by atoms with Crippen LogP contribution in [0, 0.1) is 5.92 Å². The van der Waals surface area contributed by atoms with E-state index in [1.54, 1.807) is 26.2 Å². The minimum atomic E-state index is -0.830. The molecule has 0 saturated heterocycles. The lowest BCUT2D eigenvalue weighted by atomic mass is 10.1. The van der Waals surface area contributed by atoms with Gasteiger partial charge in [0.2, 0.25) is 0 Å². The van der Waals surface area contributed by atoms with Crippen LogP contribution in [-0.4, -0.2) is 38.4 Å². The summed E-state index contributed by atoms with van der Waals surface area (Å²) in [5, 5.41) is 9.50. The van der Waals surface area contributed by atoms with Crippen molar-refractivity contribution >= 4 is 23.3 Å². The molecule has 0 aromatic heterocycles. The van der Waals surface area contributed by atoms with E-state index in [0.717, 1.165) is 5.69 Å². The van der Waals surface area contributed by atoms with Crippen LogP contribution in [0.3, 0.4) is 0 Å². The molecule has 0 heterocycles. The number of carboxylic acids is 1. The van der Waals surface area contributed by atoms with Gasteiger partial charge in [0.25, 0.3) is 0 Å². The number of benzene rings is 1. The number of carbonyl (C=O) groups is 1. The number of rotatable bonds is 7. The number of halogens is 1. The van der Waals surface area contributed by atoms with E-state index in [4.69, 9.17) is 26.2 Å². The second kappa shape index (κ2) is 7.24. The molecule has 0 saturated carbocycles. The summed E-state index contributed by atoms with van der Waals surface area (Å²) in [6, 6.07) is 3.43. The van der Waals surface area contributed by atoms with Crippen molar-refractivity contribution in [3.63, 3.8) is 0 Å². The number of anilines is 1. The van der Waals surface area contributed by atoms with E-state index in [9.17, 15) is 4.79 Å². The lowest BCUT2D eigenvalue weighted by molar-refractivity contribution is -0.140. The Balaban J connectivity index is 3.16. The summed E-state index contributed by atoms with van der Waals surface area (Å²) in [7, 11) is 3.09. The highest BCUT2D eigenvalue weighted by atomic mass is 35.5. The fourth-order valence-corrected chi connectivity index (χ4v) is 2.13. The lowest BCUT2D eigenvalue weighted by Crippen LogP contribution is -2.32. The molecule has 6 heteroatoms. The Morgan fingerprint density at radius 1 is 1.35 bits per heavy atom. The van der Waals surface area contributed by atoms with E-state index in [1.165, 1.54) is 7.11 Å². The molecule has 112 valence electrons. The van der Waals surface area contributed by atoms with Gasteiger partial charge in [0.15, 0.2) is 0 Å². The zero-order valence-corrected chi connectivity index (χ0v) is 12.9. The molecular formula is C14H20ClNO4. The van der Waals surface area contributed by atoms with E-state index < -0.39 is 11.9 Å². The highest BCUT2D eigenvalue weighted by Crippen LogP contribution is 2.38. The third-order valence-electron chi connectivity index (χ3n) is 3.09. The van der Waals surface area contributed by atoms with Crippen LogP contribution < -0.4 is 14.4 Å². The Morgan fingerprint density at radius 3 is 2.40 bits per heavy atom. The molecule has 1 rings (SSSR count). The van der Waals surface area contributed by atoms with Crippen LogP contribution in [0.1, 0.15) is 13.8 Å². The minimum absolute atomic E-state index is 0.382. The molecule has 1 N–H and O–H groups in total. The fraction of sp³-hybridized carbons (Fsp3) is 0.500. The Labute approximate surface area is 124 Å². The van der Waals surface area contributed by atoms with Crippen LogP contribution in [0.15, 0.2) is 12.1 Å². The van der Waals surface area contributed by atoms with Crippen molar-refractivity contribution in [2.24, 2.45) is 5.92 Å². The van der Waals surface area contributed by atoms with Crippen molar-refractivity contribution in [2.75, 3.05) is 32.2 Å². The van der Waals surface area contributed by atoms with Crippen molar-refractivity contribution in [2.45, 2.75) is 13.8 Å². The molecule has 0 spiro atoms. The van der Waals surface area contributed by atoms with Gasteiger partial charge in [0.05, 0.1) is 30.8 Å². The summed E-state index contributed by atoms with van der Waals surface area (Å²) in [6.07, 6.45) is 0. The minimum Gasteiger partial charge on any atom is -0.495 e. The molecule has 1 aromatic carbocycles. The molecule has 0 aliphatic heterocycles. The summed E-state index contributed by atoms with van der Waals surface area (Å²) < 4.78 is 10.5. The molecule has 1 atom stereocenters. The van der Waals surface area contributed by atoms with Crippen molar-refractivity contribution < 1.29 is 19.4 Å². The standard InChI is InChI=1S/C14H20ClNO4/c1-5-16(8-9(2)14(17)18)11-7-12(19-3)10(15)6-13(11)20-4/h6-7,9H,5,8H2,1-4H3,(H,17,18). The van der Waals surface area contributed by atoms with Gasteiger partial charge in [-0.25, -0.2) is 0 Å². The average Bonchev–Trinajstić information content (AvgIpc) is 2.44. The number of methoxy groups -OCH3 is 2. The second-order valence-electron chi connectivity index (χ2n) is 4.44. The number of hydrogen-bond acceptors (Lipinski definition) is 4. The van der Waals surface area contributed by atoms with Gasteiger partial charge in [0, 0.05) is 25.2 Å². The molecule has 1 unspecified atom stereocenters. The van der Waals surface area contributed by atoms with Crippen LogP contribution in [0.25, 0.3) is 0 Å². The summed E-state index contributed by atoms with van der Waals surface area (Å²) in [5.74, 6) is -0.191. The lowest BCUT2D eigenvalue weighted by Gasteiger charge is -2.27. The van der Waals surface area contributed by atoms with Crippen LogP contribution >= 0.6 is 11.6 Å². The third kappa shape index (κ3) is 3.70. The predicted octanol–water partition coefficient (Wildman–Crippen LogP) is 2.90. The fourth-order valence-electron chi connectivity index (χ4n) is 1.90. The van der Waals surface area contributed by atoms with Crippen molar-refractivity contribution in [1.82, 2.24) is 0 Å². The molecule has 5 nitrogen and oxygen atoms in total. The number of aliphatic carboxylic acids is 1. The van der Waals surface area contributed by atoms with Gasteiger partial charge in [0.1, 0.15) is 11.5 Å². The third-order valence-corrected chi connectivity index (χ3v) is 3.39. The molecule has 0 radical (unpaired) electrons. The highest BCUT2D eigenvalue weighted by Gasteiger charge is 2.20. The first-order valence-electron chi connectivity index (χ1n) is 6.33. The first-order valence-corrected chi connectivity index (χ1v) is 6.71. The SMILES string of the molecule is CCN(CC(C)C(=O)O)c1cc(OC)c(Cl)cc1OC. The van der Waals surface area contributed by atoms with Gasteiger partial charge < -0.3 is 19.5 Å². The maximum atomic E-state index is 11.0. The van der Waals surface area contributed by atoms with Crippen molar-refractivity contribution in [3.8, 4) is 11.5 Å². The Kier molecular flexibility index (Phi) is 5.95. The van der Waals surface area contributed by atoms with E-state index in [0.29, 0.717) is 29.6 Å². The predicted molar refractivity (Wildman–Crippen MR) is 79.2 cm³/mol. The quantitative estimate of drug-likeness (QED) is 0.839. The highest BCUT2D eigenvalue weighted by molar-refractivity contribution is 6.32. The van der Waals surface area contributed by atoms with E-state index in [1.807, 2.05) is 11.8 Å². The van der Waals surface area contributed by atoms with E-state index in [2.05, 4.69) is 0 Å². The zero-order valence-electron chi connectivity index (χ0n) is 12.1. The monoisotopic (exact) mass is 301 g/mol. The van der Waals surface area contributed by atoms with Gasteiger partial charge in [-0.05, 0) is 6.92 Å². The number of carboxylic acid groups (broad SMARTS) is 1. The Morgan fingerprint density at radius 2 is 1.95 bits per heavy atom. The summed E-state index contributed by atoms with van der Waals surface area (Å²) >= 11 is 6.07. The van der Waals surface area contributed by atoms with Gasteiger partial charge in [-0.2, -0.15) is 0 Å². The number of nitrogens with zero attached hydrogens (tertiary/aromatic N) is 1. The number of ether oxygens (including phenoxy) is 2. The maximum absolute atomic E-state index is 11.0. The topological polar surface area (TPSA) is 59.0 Å². The normalized spacial score (nSPS) is 11.8. The average molecular weight is 302 g/mol. The van der Waals surface area contributed by atoms with Gasteiger partial charge in [-0.15, -0.1) is 0 Å². The smallest absolute Gasteiger partial charge is 0.308 e. The maximum Gasteiger partial charge on any atom is 0.308 e. The molecule has 0 bridgehead atoms. The molecule has 1 aromatic rings. The number of hydrogen-bond donors (Lipinski definition) is 1. The van der Waals surface area contributed by atoms with Crippen LogP contribution in [0.4, 0.5) is 5.69 Å². The van der Waals surface area contributed by atoms with Crippen LogP contribution in [0.5, 0.6) is 11.5 Å². The van der Waals surface area contributed by atoms with Gasteiger partial charge >= 0.3 is 5.97 Å². The summed E-state index contributed by atoms with van der Waals surface area (Å²) in [6.45, 7) is 4.66. The molecule has 0 amide bonds. The first kappa shape index (κ1) is 16.4. The summed E-state index contributed by atoms with van der Waals surface area (Å²) in [5.41, 5.74) is 0.768. The Bertz CT molecular complexity index is 478. The molecule has 0 fully saturated rings. The zero-order chi connectivity index (χ0) is 15.3. The first-order chi connectivity index (χ1) is 9.44. The molecule has 20 heavy (non-hydrogen) atoms. The summed E-state index contributed by atoms with van der Waals surface area (Å²) in [4.78, 5) is 12.9. The van der Waals surface area contributed by atoms with Crippen LogP contribution in [0.2, 0.25) is 5.02 Å². The Hall–Kier alpha value is -1.62. The van der Waals surface area contributed by atoms with Gasteiger partial charge in [-0.3, -0.25) is 4.79 Å². The second-order valence-corrected chi connectivity index (χ2v) is 4.84. The molecular weight excluding hydrogens is 282 g/mol. The largest absolute Gasteiger partial charge is 0.495 e. The van der Waals surface area contributed by atoms with Crippen LogP contribution in [-0.2, 0) is 4.79 Å². The van der Waals surface area contributed by atoms with Crippen molar-refractivity contribution in [3.05, 3.63) is 17.2 Å².